The first-order valence-electron chi connectivity index (χ1n) is 4.46. The number of rotatable bonds is 5. The van der Waals surface area contributed by atoms with Crippen LogP contribution in [0.25, 0.3) is 0 Å². The molecule has 0 aromatic heterocycles. The maximum Gasteiger partial charge on any atom is 0.124 e. The van der Waals surface area contributed by atoms with Gasteiger partial charge in [-0.2, -0.15) is 11.8 Å². The zero-order valence-corrected chi connectivity index (χ0v) is 10.2. The van der Waals surface area contributed by atoms with Crippen LogP contribution in [-0.2, 0) is 5.75 Å². The normalized spacial score (nSPS) is 10.5. The molecule has 4 heteroatoms. The van der Waals surface area contributed by atoms with Gasteiger partial charge in [-0.25, -0.2) is 4.39 Å². The minimum Gasteiger partial charge on any atom is -0.330 e. The van der Waals surface area contributed by atoms with E-state index >= 15 is 0 Å². The van der Waals surface area contributed by atoms with E-state index in [1.54, 1.807) is 0 Å². The fourth-order valence-corrected chi connectivity index (χ4v) is 2.67. The molecule has 78 valence electrons. The van der Waals surface area contributed by atoms with Gasteiger partial charge in [-0.3, -0.25) is 0 Å². The summed E-state index contributed by atoms with van der Waals surface area (Å²) in [7, 11) is 0. The molecule has 0 amide bonds. The Hall–Kier alpha value is -0.0600. The molecular weight excluding hydrogens is 265 g/mol. The molecule has 1 rings (SSSR count). The second kappa shape index (κ2) is 6.43. The Morgan fingerprint density at radius 2 is 2.21 bits per heavy atom. The molecule has 0 atom stereocenters. The third-order valence-corrected chi connectivity index (χ3v) is 3.60. The molecule has 0 radical (unpaired) electrons. The molecule has 0 bridgehead atoms. The highest BCUT2D eigenvalue weighted by Crippen LogP contribution is 2.22. The van der Waals surface area contributed by atoms with Crippen molar-refractivity contribution in [1.29, 1.82) is 0 Å². The van der Waals surface area contributed by atoms with Crippen molar-refractivity contribution in [2.75, 3.05) is 12.3 Å². The van der Waals surface area contributed by atoms with Crippen molar-refractivity contribution in [3.8, 4) is 0 Å². The monoisotopic (exact) mass is 277 g/mol. The molecule has 1 nitrogen and oxygen atoms in total. The molecule has 0 unspecified atom stereocenters. The minimum atomic E-state index is -0.201. The van der Waals surface area contributed by atoms with E-state index in [-0.39, 0.29) is 5.82 Å². The molecule has 0 aliphatic heterocycles. The van der Waals surface area contributed by atoms with Crippen molar-refractivity contribution in [2.24, 2.45) is 5.73 Å². The Labute approximate surface area is 96.4 Å². The second-order valence-corrected chi connectivity index (χ2v) is 4.89. The van der Waals surface area contributed by atoms with Crippen LogP contribution in [0.15, 0.2) is 22.7 Å². The zero-order chi connectivity index (χ0) is 10.4. The minimum absolute atomic E-state index is 0.201. The van der Waals surface area contributed by atoms with Gasteiger partial charge < -0.3 is 5.73 Å². The summed E-state index contributed by atoms with van der Waals surface area (Å²) in [6, 6.07) is 4.80. The molecule has 0 spiro atoms. The molecular formula is C10H13BrFNS. The van der Waals surface area contributed by atoms with Gasteiger partial charge in [0.2, 0.25) is 0 Å². The third kappa shape index (κ3) is 3.98. The lowest BCUT2D eigenvalue weighted by Gasteiger charge is -2.03. The SMILES string of the molecule is NCCCSCc1ccc(F)cc1Br. The molecule has 1 aromatic rings. The Kier molecular flexibility index (Phi) is 5.52. The molecule has 0 heterocycles. The van der Waals surface area contributed by atoms with Crippen molar-refractivity contribution >= 4 is 27.7 Å². The van der Waals surface area contributed by atoms with Gasteiger partial charge >= 0.3 is 0 Å². The summed E-state index contributed by atoms with van der Waals surface area (Å²) in [5.41, 5.74) is 6.52. The fourth-order valence-electron chi connectivity index (χ4n) is 1.01. The highest BCUT2D eigenvalue weighted by atomic mass is 79.9. The van der Waals surface area contributed by atoms with Crippen LogP contribution < -0.4 is 5.73 Å². The van der Waals surface area contributed by atoms with Crippen LogP contribution in [0.3, 0.4) is 0 Å². The number of halogens is 2. The summed E-state index contributed by atoms with van der Waals surface area (Å²) >= 11 is 5.16. The summed E-state index contributed by atoms with van der Waals surface area (Å²) in [6.07, 6.45) is 1.03. The maximum absolute atomic E-state index is 12.7. The van der Waals surface area contributed by atoms with Gasteiger partial charge in [0.25, 0.3) is 0 Å². The van der Waals surface area contributed by atoms with Gasteiger partial charge in [0, 0.05) is 10.2 Å². The Morgan fingerprint density at radius 1 is 1.43 bits per heavy atom. The van der Waals surface area contributed by atoms with Gasteiger partial charge in [0.15, 0.2) is 0 Å². The van der Waals surface area contributed by atoms with E-state index in [0.717, 1.165) is 34.5 Å². The quantitative estimate of drug-likeness (QED) is 0.837. The number of thioether (sulfide) groups is 1. The first-order valence-corrected chi connectivity index (χ1v) is 6.40. The predicted octanol–water partition coefficient (Wildman–Crippen LogP) is 3.17. The molecule has 1 aromatic carbocycles. The van der Waals surface area contributed by atoms with E-state index in [4.69, 9.17) is 5.73 Å². The molecule has 0 fully saturated rings. The van der Waals surface area contributed by atoms with Crippen molar-refractivity contribution in [3.05, 3.63) is 34.1 Å². The Bertz CT molecular complexity index is 293. The molecule has 0 saturated carbocycles. The summed E-state index contributed by atoms with van der Waals surface area (Å²) < 4.78 is 13.6. The summed E-state index contributed by atoms with van der Waals surface area (Å²) in [6.45, 7) is 0.734. The van der Waals surface area contributed by atoms with Gasteiger partial charge in [0.1, 0.15) is 5.82 Å². The average molecular weight is 278 g/mol. The van der Waals surface area contributed by atoms with Crippen molar-refractivity contribution < 1.29 is 4.39 Å². The molecule has 0 aliphatic carbocycles. The summed E-state index contributed by atoms with van der Waals surface area (Å²) in [5.74, 6) is 1.76. The molecule has 2 N–H and O–H groups in total. The van der Waals surface area contributed by atoms with Gasteiger partial charge in [-0.05, 0) is 36.4 Å². The lowest BCUT2D eigenvalue weighted by atomic mass is 10.2. The number of hydrogen-bond donors (Lipinski definition) is 1. The van der Waals surface area contributed by atoms with E-state index in [1.807, 2.05) is 17.8 Å². The van der Waals surface area contributed by atoms with Crippen LogP contribution in [0.2, 0.25) is 0 Å². The smallest absolute Gasteiger partial charge is 0.124 e. The summed E-state index contributed by atoms with van der Waals surface area (Å²) in [5, 5.41) is 0. The number of hydrogen-bond acceptors (Lipinski definition) is 2. The maximum atomic E-state index is 12.7. The van der Waals surface area contributed by atoms with Crippen molar-refractivity contribution in [2.45, 2.75) is 12.2 Å². The Balaban J connectivity index is 2.42. The first kappa shape index (κ1) is 12.0. The van der Waals surface area contributed by atoms with Crippen LogP contribution >= 0.6 is 27.7 Å². The highest BCUT2D eigenvalue weighted by molar-refractivity contribution is 9.10. The van der Waals surface area contributed by atoms with Crippen LogP contribution in [0.5, 0.6) is 0 Å². The standard InChI is InChI=1S/C10H13BrFNS/c11-10-6-9(12)3-2-8(10)7-14-5-1-4-13/h2-3,6H,1,4-5,7,13H2. The lowest BCUT2D eigenvalue weighted by molar-refractivity contribution is 0.626. The van der Waals surface area contributed by atoms with Crippen molar-refractivity contribution in [1.82, 2.24) is 0 Å². The van der Waals surface area contributed by atoms with Crippen molar-refractivity contribution in [3.63, 3.8) is 0 Å². The lowest BCUT2D eigenvalue weighted by Crippen LogP contribution is -1.99. The predicted molar refractivity (Wildman–Crippen MR) is 63.9 cm³/mol. The van der Waals surface area contributed by atoms with E-state index in [1.165, 1.54) is 12.1 Å². The van der Waals surface area contributed by atoms with Crippen LogP contribution in [0.1, 0.15) is 12.0 Å². The topological polar surface area (TPSA) is 26.0 Å². The fraction of sp³-hybridized carbons (Fsp3) is 0.400. The van der Waals surface area contributed by atoms with E-state index in [9.17, 15) is 4.39 Å². The van der Waals surface area contributed by atoms with E-state index < -0.39 is 0 Å². The van der Waals surface area contributed by atoms with Gasteiger partial charge in [-0.1, -0.05) is 22.0 Å². The van der Waals surface area contributed by atoms with Crippen LogP contribution in [0, 0.1) is 5.82 Å². The average Bonchev–Trinajstić information content (AvgIpc) is 2.15. The van der Waals surface area contributed by atoms with E-state index in [2.05, 4.69) is 15.9 Å². The molecule has 0 saturated heterocycles. The first-order chi connectivity index (χ1) is 6.74. The number of benzene rings is 1. The van der Waals surface area contributed by atoms with Crippen LogP contribution in [-0.4, -0.2) is 12.3 Å². The van der Waals surface area contributed by atoms with Crippen LogP contribution in [0.4, 0.5) is 4.39 Å². The summed E-state index contributed by atoms with van der Waals surface area (Å²) in [4.78, 5) is 0. The molecule has 0 aliphatic rings. The molecule has 14 heavy (non-hydrogen) atoms. The van der Waals surface area contributed by atoms with Gasteiger partial charge in [0.05, 0.1) is 0 Å². The third-order valence-electron chi connectivity index (χ3n) is 1.77. The number of nitrogens with two attached hydrogens (primary N) is 1. The van der Waals surface area contributed by atoms with E-state index in [0.29, 0.717) is 0 Å². The van der Waals surface area contributed by atoms with Gasteiger partial charge in [-0.15, -0.1) is 0 Å². The highest BCUT2D eigenvalue weighted by Gasteiger charge is 2.01. The zero-order valence-electron chi connectivity index (χ0n) is 7.80. The Morgan fingerprint density at radius 3 is 2.86 bits per heavy atom. The largest absolute Gasteiger partial charge is 0.330 e. The second-order valence-electron chi connectivity index (χ2n) is 2.93.